The molecular formula is C41H35ClF6N8O4. The van der Waals surface area contributed by atoms with Gasteiger partial charge in [-0.15, -0.1) is 0 Å². The van der Waals surface area contributed by atoms with Crippen molar-refractivity contribution in [3.05, 3.63) is 111 Å². The number of aliphatic hydroxyl groups is 2. The van der Waals surface area contributed by atoms with Gasteiger partial charge in [-0.25, -0.2) is 22.5 Å². The molecule has 4 N–H and O–H groups in total. The average Bonchev–Trinajstić information content (AvgIpc) is 3.91. The van der Waals surface area contributed by atoms with Crippen LogP contribution < -0.4 is 10.6 Å². The van der Waals surface area contributed by atoms with Gasteiger partial charge in [0, 0.05) is 41.8 Å². The molecule has 0 saturated heterocycles. The lowest BCUT2D eigenvalue weighted by atomic mass is 9.73. The number of aliphatic hydroxyl groups excluding tert-OH is 1. The maximum absolute atomic E-state index is 15.7. The first-order chi connectivity index (χ1) is 28.4. The van der Waals surface area contributed by atoms with Crippen LogP contribution in [0.25, 0.3) is 22.0 Å². The number of alkyl halides is 4. The van der Waals surface area contributed by atoms with Crippen LogP contribution in [-0.4, -0.2) is 57.7 Å². The monoisotopic (exact) mass is 852 g/mol. The van der Waals surface area contributed by atoms with E-state index in [1.807, 2.05) is 0 Å². The summed E-state index contributed by atoms with van der Waals surface area (Å²) in [5, 5.41) is 40.0. The predicted molar refractivity (Wildman–Crippen MR) is 205 cm³/mol. The Hall–Kier alpha value is -5.74. The SMILES string of the molecule is Cn1nc(NC(=O)c2ccno2)c2c(Cl)ccc(-c3ccc(C#CC(C)(C)O)nc3C(Cc3cc(F)cc(F)c3)NC(O)Cn3nc(C(F)F)c4c3C(F)(F)C3CCC43)c21. The van der Waals surface area contributed by atoms with Gasteiger partial charge in [0.2, 0.25) is 5.76 Å². The van der Waals surface area contributed by atoms with E-state index < -0.39 is 77.5 Å². The molecule has 0 spiro atoms. The van der Waals surface area contributed by atoms with Crippen LogP contribution in [0.2, 0.25) is 5.02 Å². The van der Waals surface area contributed by atoms with Crippen molar-refractivity contribution in [2.75, 3.05) is 5.32 Å². The van der Waals surface area contributed by atoms with Gasteiger partial charge in [0.25, 0.3) is 18.3 Å². The molecule has 0 radical (unpaired) electrons. The highest BCUT2D eigenvalue weighted by Gasteiger charge is 2.62. The number of fused-ring (bicyclic) bond motifs is 4. The van der Waals surface area contributed by atoms with Crippen LogP contribution in [0.3, 0.4) is 0 Å². The average molecular weight is 853 g/mol. The zero-order chi connectivity index (χ0) is 42.8. The molecule has 1 fully saturated rings. The third-order valence-corrected chi connectivity index (χ3v) is 10.9. The third kappa shape index (κ3) is 7.62. The minimum Gasteiger partial charge on any atom is -0.378 e. The summed E-state index contributed by atoms with van der Waals surface area (Å²) in [6.45, 7) is 2.20. The van der Waals surface area contributed by atoms with Crippen molar-refractivity contribution < 1.29 is 45.9 Å². The van der Waals surface area contributed by atoms with E-state index in [0.29, 0.717) is 39.2 Å². The van der Waals surface area contributed by atoms with Crippen molar-refractivity contribution in [3.8, 4) is 23.0 Å². The largest absolute Gasteiger partial charge is 0.378 e. The van der Waals surface area contributed by atoms with Crippen molar-refractivity contribution >= 4 is 34.2 Å². The second kappa shape index (κ2) is 15.4. The maximum Gasteiger partial charge on any atom is 0.295 e. The van der Waals surface area contributed by atoms with Gasteiger partial charge < -0.3 is 20.1 Å². The maximum atomic E-state index is 15.7. The summed E-state index contributed by atoms with van der Waals surface area (Å²) in [7, 11) is 1.59. The molecule has 6 aromatic rings. The second-order valence-electron chi connectivity index (χ2n) is 15.3. The molecule has 19 heteroatoms. The summed E-state index contributed by atoms with van der Waals surface area (Å²) in [5.74, 6) is -2.45. The van der Waals surface area contributed by atoms with E-state index in [0.717, 1.165) is 12.1 Å². The highest BCUT2D eigenvalue weighted by atomic mass is 35.5. The summed E-state index contributed by atoms with van der Waals surface area (Å²) >= 11 is 6.72. The Balaban J connectivity index is 1.26. The Morgan fingerprint density at radius 1 is 1.07 bits per heavy atom. The summed E-state index contributed by atoms with van der Waals surface area (Å²) in [6, 6.07) is 9.31. The number of nitrogens with zero attached hydrogens (tertiary/aromatic N) is 6. The number of benzene rings is 2. The van der Waals surface area contributed by atoms with Gasteiger partial charge in [-0.1, -0.05) is 28.7 Å². The molecule has 2 aromatic carbocycles. The Morgan fingerprint density at radius 3 is 2.45 bits per heavy atom. The highest BCUT2D eigenvalue weighted by Crippen LogP contribution is 2.63. The first-order valence-electron chi connectivity index (χ1n) is 18.7. The van der Waals surface area contributed by atoms with Crippen molar-refractivity contribution in [1.82, 2.24) is 35.0 Å². The van der Waals surface area contributed by atoms with Gasteiger partial charge in [0.05, 0.1) is 40.4 Å². The molecule has 4 aromatic heterocycles. The molecule has 12 nitrogen and oxygen atoms in total. The highest BCUT2D eigenvalue weighted by molar-refractivity contribution is 6.37. The lowest BCUT2D eigenvalue weighted by molar-refractivity contribution is -0.0946. The van der Waals surface area contributed by atoms with Gasteiger partial charge >= 0.3 is 0 Å². The van der Waals surface area contributed by atoms with Crippen molar-refractivity contribution in [3.63, 3.8) is 0 Å². The van der Waals surface area contributed by atoms with E-state index in [-0.39, 0.29) is 52.0 Å². The Bertz CT molecular complexity index is 2680. The zero-order valence-corrected chi connectivity index (χ0v) is 32.7. The molecule has 2 aliphatic carbocycles. The zero-order valence-electron chi connectivity index (χ0n) is 32.0. The third-order valence-electron chi connectivity index (χ3n) is 10.6. The number of amides is 1. The molecule has 312 valence electrons. The molecule has 0 bridgehead atoms. The molecule has 2 aliphatic rings. The molecule has 4 heterocycles. The Labute approximate surface area is 342 Å². The number of nitrogens with one attached hydrogen (secondary N) is 2. The van der Waals surface area contributed by atoms with Crippen molar-refractivity contribution in [1.29, 1.82) is 0 Å². The summed E-state index contributed by atoms with van der Waals surface area (Å²) in [5.41, 5.74) is -1.62. The van der Waals surface area contributed by atoms with Gasteiger partial charge in [-0.05, 0) is 80.8 Å². The number of rotatable bonds is 11. The number of hydrogen-bond donors (Lipinski definition) is 4. The summed E-state index contributed by atoms with van der Waals surface area (Å²) in [6.07, 6.45) is -3.45. The van der Waals surface area contributed by atoms with Gasteiger partial charge in [-0.2, -0.15) is 19.0 Å². The molecule has 1 saturated carbocycles. The molecule has 8 rings (SSSR count). The molecular weight excluding hydrogens is 818 g/mol. The van der Waals surface area contributed by atoms with Crippen LogP contribution in [0.5, 0.6) is 0 Å². The number of aryl methyl sites for hydroxylation is 1. The molecule has 1 amide bonds. The minimum absolute atomic E-state index is 0.0587. The number of carbonyl (C=O) groups excluding carboxylic acids is 1. The fourth-order valence-electron chi connectivity index (χ4n) is 8.05. The van der Waals surface area contributed by atoms with Crippen LogP contribution in [0, 0.1) is 29.4 Å². The predicted octanol–water partition coefficient (Wildman–Crippen LogP) is 7.55. The van der Waals surface area contributed by atoms with E-state index in [1.54, 1.807) is 31.3 Å². The quantitative estimate of drug-likeness (QED) is 0.0587. The first-order valence-corrected chi connectivity index (χ1v) is 19.1. The number of anilines is 1. The van der Waals surface area contributed by atoms with Crippen molar-refractivity contribution in [2.24, 2.45) is 13.0 Å². The Morgan fingerprint density at radius 2 is 1.80 bits per heavy atom. The van der Waals surface area contributed by atoms with Crippen LogP contribution in [0.15, 0.2) is 59.3 Å². The molecule has 4 unspecified atom stereocenters. The van der Waals surface area contributed by atoms with Gasteiger partial charge in [0.15, 0.2) is 5.82 Å². The molecule has 0 aliphatic heterocycles. The number of aromatic nitrogens is 6. The topological polar surface area (TPSA) is 156 Å². The van der Waals surface area contributed by atoms with Crippen LogP contribution in [0.4, 0.5) is 32.2 Å². The van der Waals surface area contributed by atoms with Gasteiger partial charge in [-0.3, -0.25) is 19.5 Å². The first kappa shape index (κ1) is 41.0. The molecule has 60 heavy (non-hydrogen) atoms. The number of carbonyl (C=O) groups is 1. The number of hydrogen-bond acceptors (Lipinski definition) is 9. The lowest BCUT2D eigenvalue weighted by Crippen LogP contribution is -2.39. The van der Waals surface area contributed by atoms with Crippen molar-refractivity contribution in [2.45, 2.75) is 75.8 Å². The van der Waals surface area contributed by atoms with E-state index in [9.17, 15) is 32.6 Å². The summed E-state index contributed by atoms with van der Waals surface area (Å²) < 4.78 is 96.3. The van der Waals surface area contributed by atoms with Crippen LogP contribution in [0.1, 0.15) is 89.5 Å². The molecule has 4 atom stereocenters. The minimum atomic E-state index is -3.48. The van der Waals surface area contributed by atoms with E-state index in [4.69, 9.17) is 21.1 Å². The van der Waals surface area contributed by atoms with Crippen LogP contribution >= 0.6 is 11.6 Å². The smallest absolute Gasteiger partial charge is 0.295 e. The number of pyridine rings is 1. The Kier molecular flexibility index (Phi) is 10.5. The van der Waals surface area contributed by atoms with Crippen LogP contribution in [-0.2, 0) is 25.9 Å². The van der Waals surface area contributed by atoms with E-state index in [2.05, 4.69) is 37.8 Å². The lowest BCUT2D eigenvalue weighted by Gasteiger charge is -2.34. The standard InChI is InChI=1S/C41H35ClF6N8O4/c1-40(2,59)12-10-22-4-5-23(24-7-9-27(42)32-35(24)55(3)54-38(32)52-39(58)29-11-13-49-60-29)33(50-22)28(16-19-14-20(43)17-21(44)15-19)51-30(57)18-56-36-31(34(53-56)37(45)46)25-6-8-26(25)41(36,47)48/h4-5,7,9,11,13-15,17,25-26,28,30,37,51,57,59H,6,8,16,18H2,1-3H3,(H,52,54,58). The second-order valence-corrected chi connectivity index (χ2v) is 15.7. The van der Waals surface area contributed by atoms with Gasteiger partial charge in [0.1, 0.15) is 40.5 Å². The fourth-order valence-corrected chi connectivity index (χ4v) is 8.29. The summed E-state index contributed by atoms with van der Waals surface area (Å²) in [4.78, 5) is 17.8. The number of halogens is 7. The fraction of sp³-hybridized carbons (Fsp3) is 0.341. The van der Waals surface area contributed by atoms with E-state index in [1.165, 1.54) is 30.8 Å². The van der Waals surface area contributed by atoms with E-state index >= 15 is 8.78 Å². The normalized spacial score (nSPS) is 17.8.